The first-order valence-electron chi connectivity index (χ1n) is 6.98. The molecular formula is C13H22N4O6. The number of carboxylic acid groups (broad SMARTS) is 1. The van der Waals surface area contributed by atoms with Crippen LogP contribution in [0.25, 0.3) is 0 Å². The Kier molecular flexibility index (Phi) is 9.16. The average Bonchev–Trinajstić information content (AvgIpc) is 2.50. The van der Waals surface area contributed by atoms with Gasteiger partial charge >= 0.3 is 5.97 Å². The summed E-state index contributed by atoms with van der Waals surface area (Å²) in [5.41, 5.74) is 5.14. The standard InChI is InChI=1S/C13H22N4O6/c1-7(6-18)15-12(22)8(2)16-13(23)9(3-4-11(20)21)17-10(19)5-14/h6-9H,3-5,14H2,1-2H3,(H,15,22)(H,16,23)(H,17,19)(H,20,21)/t7-,8-,9-/m0/s1. The van der Waals surface area contributed by atoms with Crippen LogP contribution in [-0.2, 0) is 24.0 Å². The minimum Gasteiger partial charge on any atom is -0.481 e. The molecule has 3 atom stereocenters. The molecule has 0 aromatic carbocycles. The van der Waals surface area contributed by atoms with Crippen molar-refractivity contribution in [1.82, 2.24) is 16.0 Å². The zero-order valence-corrected chi connectivity index (χ0v) is 13.0. The van der Waals surface area contributed by atoms with Gasteiger partial charge in [0.05, 0.1) is 12.6 Å². The van der Waals surface area contributed by atoms with Crippen molar-refractivity contribution in [3.63, 3.8) is 0 Å². The molecule has 0 fully saturated rings. The van der Waals surface area contributed by atoms with E-state index in [0.717, 1.165) is 0 Å². The summed E-state index contributed by atoms with van der Waals surface area (Å²) in [6, 6.07) is -2.80. The van der Waals surface area contributed by atoms with E-state index in [9.17, 15) is 24.0 Å². The fraction of sp³-hybridized carbons (Fsp3) is 0.615. The maximum atomic E-state index is 12.1. The number of aldehydes is 1. The molecule has 0 unspecified atom stereocenters. The molecule has 0 heterocycles. The lowest BCUT2D eigenvalue weighted by Crippen LogP contribution is -2.54. The van der Waals surface area contributed by atoms with Gasteiger partial charge in [-0.25, -0.2) is 0 Å². The number of hydrogen-bond acceptors (Lipinski definition) is 6. The number of carbonyl (C=O) groups excluding carboxylic acids is 4. The van der Waals surface area contributed by atoms with Crippen molar-refractivity contribution in [2.24, 2.45) is 5.73 Å². The van der Waals surface area contributed by atoms with E-state index in [1.54, 1.807) is 0 Å². The lowest BCUT2D eigenvalue weighted by Gasteiger charge is -2.21. The maximum absolute atomic E-state index is 12.1. The molecule has 0 saturated heterocycles. The van der Waals surface area contributed by atoms with Crippen LogP contribution in [0.2, 0.25) is 0 Å². The van der Waals surface area contributed by atoms with Crippen molar-refractivity contribution in [3.05, 3.63) is 0 Å². The monoisotopic (exact) mass is 330 g/mol. The number of nitrogens with one attached hydrogen (secondary N) is 3. The molecule has 0 aliphatic rings. The first-order valence-corrected chi connectivity index (χ1v) is 6.98. The van der Waals surface area contributed by atoms with Crippen molar-refractivity contribution >= 4 is 30.0 Å². The summed E-state index contributed by atoms with van der Waals surface area (Å²) in [6.07, 6.45) is 0.0429. The number of rotatable bonds is 10. The van der Waals surface area contributed by atoms with Crippen LogP contribution >= 0.6 is 0 Å². The highest BCUT2D eigenvalue weighted by atomic mass is 16.4. The van der Waals surface area contributed by atoms with Gasteiger partial charge in [0.25, 0.3) is 0 Å². The van der Waals surface area contributed by atoms with Gasteiger partial charge in [0.15, 0.2) is 0 Å². The number of hydrogen-bond donors (Lipinski definition) is 5. The Morgan fingerprint density at radius 3 is 2.17 bits per heavy atom. The van der Waals surface area contributed by atoms with Crippen LogP contribution in [-0.4, -0.2) is 59.8 Å². The van der Waals surface area contributed by atoms with Crippen LogP contribution < -0.4 is 21.7 Å². The van der Waals surface area contributed by atoms with Crippen molar-refractivity contribution in [3.8, 4) is 0 Å². The first kappa shape index (κ1) is 20.5. The second-order valence-corrected chi connectivity index (χ2v) is 4.92. The summed E-state index contributed by atoms with van der Waals surface area (Å²) in [4.78, 5) is 56.2. The van der Waals surface area contributed by atoms with E-state index in [1.165, 1.54) is 13.8 Å². The van der Waals surface area contributed by atoms with E-state index in [2.05, 4.69) is 16.0 Å². The predicted molar refractivity (Wildman–Crippen MR) is 79.1 cm³/mol. The third-order valence-electron chi connectivity index (χ3n) is 2.81. The smallest absolute Gasteiger partial charge is 0.303 e. The minimum atomic E-state index is -1.13. The van der Waals surface area contributed by atoms with Gasteiger partial charge in [0.2, 0.25) is 17.7 Å². The second kappa shape index (κ2) is 10.3. The van der Waals surface area contributed by atoms with E-state index < -0.39 is 41.8 Å². The number of carboxylic acids is 1. The van der Waals surface area contributed by atoms with E-state index in [0.29, 0.717) is 6.29 Å². The fourth-order valence-electron chi connectivity index (χ4n) is 1.55. The fourth-order valence-corrected chi connectivity index (χ4v) is 1.55. The molecule has 0 aliphatic heterocycles. The molecule has 0 radical (unpaired) electrons. The van der Waals surface area contributed by atoms with Gasteiger partial charge in [-0.1, -0.05) is 0 Å². The van der Waals surface area contributed by atoms with E-state index in [-0.39, 0.29) is 19.4 Å². The molecule has 3 amide bonds. The van der Waals surface area contributed by atoms with Gasteiger partial charge in [0, 0.05) is 6.42 Å². The number of nitrogens with two attached hydrogens (primary N) is 1. The number of aliphatic carboxylic acids is 1. The summed E-state index contributed by atoms with van der Waals surface area (Å²) in [6.45, 7) is 2.50. The second-order valence-electron chi connectivity index (χ2n) is 4.92. The van der Waals surface area contributed by atoms with Gasteiger partial charge in [0.1, 0.15) is 18.4 Å². The highest BCUT2D eigenvalue weighted by Crippen LogP contribution is 1.99. The zero-order valence-electron chi connectivity index (χ0n) is 13.0. The first-order chi connectivity index (χ1) is 10.7. The van der Waals surface area contributed by atoms with Crippen LogP contribution in [0.4, 0.5) is 0 Å². The van der Waals surface area contributed by atoms with Gasteiger partial charge in [-0.05, 0) is 20.3 Å². The molecular weight excluding hydrogens is 308 g/mol. The molecule has 0 aliphatic carbocycles. The average molecular weight is 330 g/mol. The van der Waals surface area contributed by atoms with Crippen LogP contribution in [0.15, 0.2) is 0 Å². The number of amides is 3. The molecule has 23 heavy (non-hydrogen) atoms. The molecule has 0 bridgehead atoms. The van der Waals surface area contributed by atoms with Crippen molar-refractivity contribution < 1.29 is 29.1 Å². The molecule has 0 saturated carbocycles. The van der Waals surface area contributed by atoms with Crippen LogP contribution in [0.5, 0.6) is 0 Å². The Morgan fingerprint density at radius 1 is 1.09 bits per heavy atom. The third kappa shape index (κ3) is 8.51. The van der Waals surface area contributed by atoms with E-state index >= 15 is 0 Å². The third-order valence-corrected chi connectivity index (χ3v) is 2.81. The molecule has 6 N–H and O–H groups in total. The molecule has 0 aromatic rings. The van der Waals surface area contributed by atoms with E-state index in [1.807, 2.05) is 0 Å². The quantitative estimate of drug-likeness (QED) is 0.276. The summed E-state index contributed by atoms with van der Waals surface area (Å²) >= 11 is 0. The Hall–Kier alpha value is -2.49. The summed E-state index contributed by atoms with van der Waals surface area (Å²) < 4.78 is 0. The van der Waals surface area contributed by atoms with Crippen molar-refractivity contribution in [2.75, 3.05) is 6.54 Å². The molecule has 0 rings (SSSR count). The Labute approximate surface area is 133 Å². The van der Waals surface area contributed by atoms with Crippen molar-refractivity contribution in [1.29, 1.82) is 0 Å². The minimum absolute atomic E-state index is 0.147. The highest BCUT2D eigenvalue weighted by Gasteiger charge is 2.25. The maximum Gasteiger partial charge on any atom is 0.303 e. The predicted octanol–water partition coefficient (Wildman–Crippen LogP) is -2.50. The molecule has 130 valence electrons. The van der Waals surface area contributed by atoms with Gasteiger partial charge in [-0.15, -0.1) is 0 Å². The lowest BCUT2D eigenvalue weighted by molar-refractivity contribution is -0.138. The topological polar surface area (TPSA) is 168 Å². The summed E-state index contributed by atoms with van der Waals surface area (Å²) in [5.74, 6) is -3.05. The number of carbonyl (C=O) groups is 5. The van der Waals surface area contributed by atoms with Crippen LogP contribution in [0, 0.1) is 0 Å². The highest BCUT2D eigenvalue weighted by molar-refractivity contribution is 5.92. The zero-order chi connectivity index (χ0) is 18.0. The molecule has 10 nitrogen and oxygen atoms in total. The SMILES string of the molecule is C[C@H](NC(=O)[C@H](CCC(=O)O)NC(=O)CN)C(=O)N[C@@H](C)C=O. The Balaban J connectivity index is 4.72. The summed E-state index contributed by atoms with van der Waals surface area (Å²) in [7, 11) is 0. The Morgan fingerprint density at radius 2 is 1.70 bits per heavy atom. The van der Waals surface area contributed by atoms with E-state index in [4.69, 9.17) is 10.8 Å². The van der Waals surface area contributed by atoms with Gasteiger partial charge in [-0.2, -0.15) is 0 Å². The Bertz CT molecular complexity index is 467. The summed E-state index contributed by atoms with van der Waals surface area (Å²) in [5, 5.41) is 15.7. The normalized spacial score (nSPS) is 14.0. The largest absolute Gasteiger partial charge is 0.481 e. The van der Waals surface area contributed by atoms with Gasteiger partial charge in [-0.3, -0.25) is 19.2 Å². The molecule has 0 aromatic heterocycles. The lowest BCUT2D eigenvalue weighted by atomic mass is 10.1. The van der Waals surface area contributed by atoms with Gasteiger partial charge < -0.3 is 31.6 Å². The van der Waals surface area contributed by atoms with Crippen LogP contribution in [0.1, 0.15) is 26.7 Å². The van der Waals surface area contributed by atoms with Crippen LogP contribution in [0.3, 0.4) is 0 Å². The molecule has 10 heteroatoms. The van der Waals surface area contributed by atoms with Crippen molar-refractivity contribution in [2.45, 2.75) is 44.8 Å². The molecule has 0 spiro atoms.